The molecule has 2 N–H and O–H groups in total. The number of carbonyl (C=O) groups excluding carboxylic acids is 2. The third kappa shape index (κ3) is 4.13. The zero-order chi connectivity index (χ0) is 16.1. The molecule has 1 aliphatic heterocycles. The van der Waals surface area contributed by atoms with Crippen LogP contribution in [-0.2, 0) is 14.3 Å². The van der Waals surface area contributed by atoms with Crippen molar-refractivity contribution in [2.45, 2.75) is 12.8 Å². The van der Waals surface area contributed by atoms with Crippen LogP contribution in [-0.4, -0.2) is 50.1 Å². The number of amides is 1. The van der Waals surface area contributed by atoms with E-state index in [9.17, 15) is 9.59 Å². The highest BCUT2D eigenvalue weighted by atomic mass is 79.9. The lowest BCUT2D eigenvalue weighted by molar-refractivity contribution is -0.143. The Kier molecular flexibility index (Phi) is 5.65. The van der Waals surface area contributed by atoms with Crippen LogP contribution in [0.15, 0.2) is 22.7 Å². The predicted octanol–water partition coefficient (Wildman–Crippen LogP) is 1.63. The van der Waals surface area contributed by atoms with Crippen molar-refractivity contribution in [3.63, 3.8) is 0 Å². The number of methoxy groups -OCH3 is 1. The normalized spacial score (nSPS) is 14.8. The second kappa shape index (κ2) is 7.49. The number of carbonyl (C=O) groups is 2. The van der Waals surface area contributed by atoms with Crippen LogP contribution in [0.4, 0.5) is 11.4 Å². The molecule has 0 spiro atoms. The topological polar surface area (TPSA) is 75.9 Å². The van der Waals surface area contributed by atoms with Crippen molar-refractivity contribution >= 4 is 39.2 Å². The molecule has 0 aromatic heterocycles. The minimum Gasteiger partial charge on any atom is -0.469 e. The van der Waals surface area contributed by atoms with Crippen LogP contribution in [0.5, 0.6) is 0 Å². The van der Waals surface area contributed by atoms with Gasteiger partial charge >= 0.3 is 5.97 Å². The van der Waals surface area contributed by atoms with E-state index in [4.69, 9.17) is 5.73 Å². The molecule has 0 aliphatic carbocycles. The van der Waals surface area contributed by atoms with E-state index in [1.54, 1.807) is 4.90 Å². The molecule has 120 valence electrons. The van der Waals surface area contributed by atoms with Crippen LogP contribution in [0, 0.1) is 0 Å². The molecule has 1 amide bonds. The second-order valence-corrected chi connectivity index (χ2v) is 6.06. The molecule has 1 heterocycles. The Morgan fingerprint density at radius 2 is 1.91 bits per heavy atom. The lowest BCUT2D eigenvalue weighted by Crippen LogP contribution is -2.49. The van der Waals surface area contributed by atoms with Crippen molar-refractivity contribution in [2.24, 2.45) is 0 Å². The molecule has 7 heteroatoms. The van der Waals surface area contributed by atoms with Gasteiger partial charge in [-0.2, -0.15) is 0 Å². The number of benzene rings is 1. The first-order chi connectivity index (χ1) is 10.5. The Hall–Kier alpha value is -1.76. The van der Waals surface area contributed by atoms with Gasteiger partial charge in [-0.05, 0) is 18.2 Å². The number of anilines is 2. The van der Waals surface area contributed by atoms with Crippen LogP contribution >= 0.6 is 15.9 Å². The lowest BCUT2D eigenvalue weighted by Gasteiger charge is -2.36. The van der Waals surface area contributed by atoms with E-state index in [1.165, 1.54) is 7.11 Å². The highest BCUT2D eigenvalue weighted by Gasteiger charge is 2.22. The molecule has 1 aromatic carbocycles. The third-order valence-electron chi connectivity index (χ3n) is 3.73. The van der Waals surface area contributed by atoms with Crippen molar-refractivity contribution in [3.8, 4) is 0 Å². The van der Waals surface area contributed by atoms with Crippen molar-refractivity contribution < 1.29 is 14.3 Å². The quantitative estimate of drug-likeness (QED) is 0.644. The number of hydrogen-bond acceptors (Lipinski definition) is 5. The standard InChI is InChI=1S/C15H20BrN3O3/c1-22-15(21)5-4-14(20)19-8-6-18(7-9-19)13-3-2-11(16)10-12(13)17/h2-3,10H,4-9,17H2,1H3. The predicted molar refractivity (Wildman–Crippen MR) is 88.6 cm³/mol. The zero-order valence-electron chi connectivity index (χ0n) is 12.5. The molecule has 1 fully saturated rings. The first-order valence-corrected chi connectivity index (χ1v) is 7.95. The third-order valence-corrected chi connectivity index (χ3v) is 4.23. The number of hydrogen-bond donors (Lipinski definition) is 1. The van der Waals surface area contributed by atoms with Gasteiger partial charge in [-0.3, -0.25) is 9.59 Å². The average molecular weight is 370 g/mol. The van der Waals surface area contributed by atoms with E-state index in [0.717, 1.165) is 28.9 Å². The Bertz CT molecular complexity index is 557. The molecule has 6 nitrogen and oxygen atoms in total. The Morgan fingerprint density at radius 3 is 2.50 bits per heavy atom. The van der Waals surface area contributed by atoms with Crippen LogP contribution in [0.3, 0.4) is 0 Å². The summed E-state index contributed by atoms with van der Waals surface area (Å²) in [5.74, 6) is -0.358. The van der Waals surface area contributed by atoms with E-state index in [2.05, 4.69) is 25.6 Å². The van der Waals surface area contributed by atoms with Gasteiger partial charge in [-0.25, -0.2) is 0 Å². The van der Waals surface area contributed by atoms with Crippen molar-refractivity contribution in [1.29, 1.82) is 0 Å². The van der Waals surface area contributed by atoms with Crippen molar-refractivity contribution in [3.05, 3.63) is 22.7 Å². The summed E-state index contributed by atoms with van der Waals surface area (Å²) in [5.41, 5.74) is 7.75. The van der Waals surface area contributed by atoms with Crippen LogP contribution in [0.1, 0.15) is 12.8 Å². The molecule has 1 aromatic rings. The van der Waals surface area contributed by atoms with Crippen molar-refractivity contribution in [1.82, 2.24) is 4.90 Å². The van der Waals surface area contributed by atoms with Gasteiger partial charge in [0.05, 0.1) is 24.9 Å². The number of nitrogens with two attached hydrogens (primary N) is 1. The molecule has 1 aliphatic rings. The number of nitrogens with zero attached hydrogens (tertiary/aromatic N) is 2. The Morgan fingerprint density at radius 1 is 1.23 bits per heavy atom. The molecule has 2 rings (SSSR count). The van der Waals surface area contributed by atoms with Gasteiger partial charge in [0, 0.05) is 37.1 Å². The number of rotatable bonds is 4. The number of piperazine rings is 1. The van der Waals surface area contributed by atoms with Gasteiger partial charge in [0.2, 0.25) is 5.91 Å². The first-order valence-electron chi connectivity index (χ1n) is 7.16. The van der Waals surface area contributed by atoms with Crippen LogP contribution in [0.25, 0.3) is 0 Å². The highest BCUT2D eigenvalue weighted by molar-refractivity contribution is 9.10. The van der Waals surface area contributed by atoms with E-state index in [0.29, 0.717) is 13.1 Å². The lowest BCUT2D eigenvalue weighted by atomic mass is 10.2. The van der Waals surface area contributed by atoms with Gasteiger partial charge in [0.25, 0.3) is 0 Å². The van der Waals surface area contributed by atoms with E-state index >= 15 is 0 Å². The molecule has 22 heavy (non-hydrogen) atoms. The number of halogens is 1. The molecule has 0 bridgehead atoms. The smallest absolute Gasteiger partial charge is 0.306 e. The minimum atomic E-state index is -0.352. The summed E-state index contributed by atoms with van der Waals surface area (Å²) >= 11 is 3.39. The maximum absolute atomic E-state index is 12.0. The minimum absolute atomic E-state index is 0.00571. The number of ether oxygens (including phenoxy) is 1. The fraction of sp³-hybridized carbons (Fsp3) is 0.467. The first kappa shape index (κ1) is 16.6. The summed E-state index contributed by atoms with van der Waals surface area (Å²) in [7, 11) is 1.33. The van der Waals surface area contributed by atoms with Gasteiger partial charge < -0.3 is 20.3 Å². The molecule has 0 radical (unpaired) electrons. The monoisotopic (exact) mass is 369 g/mol. The van der Waals surface area contributed by atoms with E-state index < -0.39 is 0 Å². The molecular weight excluding hydrogens is 350 g/mol. The summed E-state index contributed by atoms with van der Waals surface area (Å²) in [4.78, 5) is 27.1. The maximum atomic E-state index is 12.0. The fourth-order valence-electron chi connectivity index (χ4n) is 2.48. The summed E-state index contributed by atoms with van der Waals surface area (Å²) in [6.07, 6.45) is 0.336. The van der Waals surface area contributed by atoms with Gasteiger partial charge in [0.15, 0.2) is 0 Å². The summed E-state index contributed by atoms with van der Waals surface area (Å²) in [6, 6.07) is 5.82. The molecule has 0 atom stereocenters. The van der Waals surface area contributed by atoms with Gasteiger partial charge in [-0.1, -0.05) is 15.9 Å². The van der Waals surface area contributed by atoms with Gasteiger partial charge in [-0.15, -0.1) is 0 Å². The van der Waals surface area contributed by atoms with Gasteiger partial charge in [0.1, 0.15) is 0 Å². The Balaban J connectivity index is 1.87. The highest BCUT2D eigenvalue weighted by Crippen LogP contribution is 2.27. The fourth-order valence-corrected chi connectivity index (χ4v) is 2.86. The Labute approximate surface area is 138 Å². The zero-order valence-corrected chi connectivity index (χ0v) is 14.1. The number of esters is 1. The molecule has 0 saturated carbocycles. The van der Waals surface area contributed by atoms with Crippen molar-refractivity contribution in [2.75, 3.05) is 43.9 Å². The molecule has 0 unspecified atom stereocenters. The largest absolute Gasteiger partial charge is 0.469 e. The average Bonchev–Trinajstić information content (AvgIpc) is 2.52. The summed E-state index contributed by atoms with van der Waals surface area (Å²) in [5, 5.41) is 0. The summed E-state index contributed by atoms with van der Waals surface area (Å²) in [6.45, 7) is 2.73. The summed E-state index contributed by atoms with van der Waals surface area (Å²) < 4.78 is 5.50. The van der Waals surface area contributed by atoms with Crippen LogP contribution in [0.2, 0.25) is 0 Å². The van der Waals surface area contributed by atoms with E-state index in [1.807, 2.05) is 18.2 Å². The molecular formula is C15H20BrN3O3. The number of nitrogen functional groups attached to an aromatic ring is 1. The maximum Gasteiger partial charge on any atom is 0.306 e. The molecule has 1 saturated heterocycles. The SMILES string of the molecule is COC(=O)CCC(=O)N1CCN(c2ccc(Br)cc2N)CC1. The second-order valence-electron chi connectivity index (χ2n) is 5.15. The van der Waals surface area contributed by atoms with Crippen LogP contribution < -0.4 is 10.6 Å². The van der Waals surface area contributed by atoms with E-state index in [-0.39, 0.29) is 24.7 Å².